The van der Waals surface area contributed by atoms with Gasteiger partial charge in [0.2, 0.25) is 17.7 Å². The quantitative estimate of drug-likeness (QED) is 0.276. The molecule has 0 saturated heterocycles. The van der Waals surface area contributed by atoms with Gasteiger partial charge in [0.15, 0.2) is 0 Å². The van der Waals surface area contributed by atoms with Crippen molar-refractivity contribution in [3.63, 3.8) is 0 Å². The lowest BCUT2D eigenvalue weighted by molar-refractivity contribution is -0.139. The van der Waals surface area contributed by atoms with Gasteiger partial charge in [-0.05, 0) is 30.9 Å². The van der Waals surface area contributed by atoms with Gasteiger partial charge in [-0.3, -0.25) is 14.4 Å². The molecule has 1 aromatic carbocycles. The first-order valence-electron chi connectivity index (χ1n) is 13.6. The van der Waals surface area contributed by atoms with Crippen molar-refractivity contribution in [2.24, 2.45) is 11.3 Å². The van der Waals surface area contributed by atoms with E-state index in [0.717, 1.165) is 11.6 Å². The van der Waals surface area contributed by atoms with Gasteiger partial charge in [0.1, 0.15) is 6.04 Å². The summed E-state index contributed by atoms with van der Waals surface area (Å²) in [5.74, 6) is -2.01. The van der Waals surface area contributed by atoms with E-state index in [9.17, 15) is 19.2 Å². The van der Waals surface area contributed by atoms with E-state index in [1.807, 2.05) is 78.8 Å². The second kappa shape index (κ2) is 14.8. The summed E-state index contributed by atoms with van der Waals surface area (Å²) in [4.78, 5) is 52.2. The molecule has 9 nitrogen and oxygen atoms in total. The summed E-state index contributed by atoms with van der Waals surface area (Å²) in [7, 11) is 3.36. The Kier molecular flexibility index (Phi) is 12.8. The summed E-state index contributed by atoms with van der Waals surface area (Å²) in [6.45, 7) is 15.2. The molecule has 1 aromatic rings. The maximum atomic E-state index is 13.6. The van der Waals surface area contributed by atoms with Crippen molar-refractivity contribution in [2.45, 2.75) is 78.9 Å². The van der Waals surface area contributed by atoms with Crippen LogP contribution in [-0.2, 0) is 24.6 Å². The van der Waals surface area contributed by atoms with Crippen LogP contribution in [-0.4, -0.2) is 72.5 Å². The number of hydrogen-bond donors (Lipinski definition) is 4. The molecule has 40 heavy (non-hydrogen) atoms. The van der Waals surface area contributed by atoms with Gasteiger partial charge in [-0.1, -0.05) is 91.0 Å². The molecule has 3 atom stereocenters. The zero-order valence-electron chi connectivity index (χ0n) is 25.7. The maximum absolute atomic E-state index is 13.6. The lowest BCUT2D eigenvalue weighted by Crippen LogP contribution is -2.60. The van der Waals surface area contributed by atoms with Gasteiger partial charge in [0.05, 0.1) is 12.1 Å². The van der Waals surface area contributed by atoms with Crippen LogP contribution in [0.15, 0.2) is 54.1 Å². The first-order chi connectivity index (χ1) is 18.4. The number of nitrogens with zero attached hydrogens (tertiary/aromatic N) is 1. The summed E-state index contributed by atoms with van der Waals surface area (Å²) in [5.41, 5.74) is 0.272. The fraction of sp³-hybridized carbons (Fsp3) is 0.548. The van der Waals surface area contributed by atoms with Gasteiger partial charge >= 0.3 is 5.97 Å². The molecular formula is C31H48N4O5. The number of aliphatic carboxylic acids is 1. The summed E-state index contributed by atoms with van der Waals surface area (Å²) in [5, 5.41) is 17.8. The minimum Gasteiger partial charge on any atom is -0.478 e. The third kappa shape index (κ3) is 9.93. The number of nitrogens with one attached hydrogen (secondary N) is 3. The molecule has 2 unspecified atom stereocenters. The molecule has 0 aromatic heterocycles. The number of rotatable bonds is 13. The smallest absolute Gasteiger partial charge is 0.328 e. The third-order valence-corrected chi connectivity index (χ3v) is 7.06. The van der Waals surface area contributed by atoms with Gasteiger partial charge < -0.3 is 26.0 Å². The number of carbonyl (C=O) groups excluding carboxylic acids is 3. The molecule has 222 valence electrons. The van der Waals surface area contributed by atoms with Crippen molar-refractivity contribution in [3.05, 3.63) is 59.7 Å². The van der Waals surface area contributed by atoms with Gasteiger partial charge in [-0.15, -0.1) is 0 Å². The second-order valence-electron chi connectivity index (χ2n) is 12.2. The standard InChI is InChI=1S/C31H48N4O5/c1-20(2)23(16-17-24(36)37)33-27(38)21(3)18-19-35(10)29(40)26(30(4,5)6)34-28(39)25(32-9)31(7,8)22-14-12-11-13-15-22/h11-18,20,23,25-26,32H,19H2,1-10H3,(H,33,38)(H,34,39)(H,36,37)/b17-16+,21-18+/t23?,25-,26?/m1/s1. The molecule has 0 saturated carbocycles. The average molecular weight is 557 g/mol. The lowest BCUT2D eigenvalue weighted by atomic mass is 9.76. The Bertz CT molecular complexity index is 1090. The SMILES string of the molecule is CN[C@H](C(=O)NC(C(=O)N(C)C/C=C(\C)C(=O)NC(/C=C/C(=O)O)C(C)C)C(C)(C)C)C(C)(C)c1ccccc1. The fourth-order valence-electron chi connectivity index (χ4n) is 4.29. The highest BCUT2D eigenvalue weighted by atomic mass is 16.4. The first-order valence-corrected chi connectivity index (χ1v) is 13.6. The Balaban J connectivity index is 3.04. The lowest BCUT2D eigenvalue weighted by Gasteiger charge is -2.38. The van der Waals surface area contributed by atoms with Crippen LogP contribution >= 0.6 is 0 Å². The molecule has 0 aliphatic heterocycles. The highest BCUT2D eigenvalue weighted by Gasteiger charge is 2.40. The largest absolute Gasteiger partial charge is 0.478 e. The molecule has 3 amide bonds. The molecule has 0 heterocycles. The molecule has 0 spiro atoms. The number of hydrogen-bond acceptors (Lipinski definition) is 5. The number of carboxylic acid groups (broad SMARTS) is 1. The van der Waals surface area contributed by atoms with Gasteiger partial charge in [-0.25, -0.2) is 4.79 Å². The van der Waals surface area contributed by atoms with E-state index < -0.39 is 34.9 Å². The Morgan fingerprint density at radius 2 is 1.55 bits per heavy atom. The van der Waals surface area contributed by atoms with E-state index in [4.69, 9.17) is 5.11 Å². The number of amides is 3. The number of carbonyl (C=O) groups is 4. The van der Waals surface area contributed by atoms with Crippen LogP contribution in [0.3, 0.4) is 0 Å². The molecule has 9 heteroatoms. The van der Waals surface area contributed by atoms with Crippen molar-refractivity contribution in [3.8, 4) is 0 Å². The van der Waals surface area contributed by atoms with Gasteiger partial charge in [0.25, 0.3) is 0 Å². The number of benzene rings is 1. The summed E-state index contributed by atoms with van der Waals surface area (Å²) in [6.07, 6.45) is 4.10. The predicted molar refractivity (Wildman–Crippen MR) is 159 cm³/mol. The van der Waals surface area contributed by atoms with E-state index in [0.29, 0.717) is 5.57 Å². The molecule has 1 rings (SSSR count). The molecule has 0 aliphatic rings. The number of likely N-dealkylation sites (N-methyl/N-ethyl adjacent to an activating group) is 2. The van der Waals surface area contributed by atoms with Gasteiger partial charge in [0, 0.05) is 30.7 Å². The molecule has 0 bridgehead atoms. The van der Waals surface area contributed by atoms with E-state index in [1.54, 1.807) is 27.1 Å². The monoisotopic (exact) mass is 556 g/mol. The topological polar surface area (TPSA) is 128 Å². The van der Waals surface area contributed by atoms with Crippen LogP contribution in [0.5, 0.6) is 0 Å². The summed E-state index contributed by atoms with van der Waals surface area (Å²) < 4.78 is 0. The van der Waals surface area contributed by atoms with Crippen LogP contribution in [0.4, 0.5) is 0 Å². The fourth-order valence-corrected chi connectivity index (χ4v) is 4.29. The number of carboxylic acids is 1. The van der Waals surface area contributed by atoms with Crippen molar-refractivity contribution in [2.75, 3.05) is 20.6 Å². The third-order valence-electron chi connectivity index (χ3n) is 7.06. The highest BCUT2D eigenvalue weighted by molar-refractivity contribution is 5.94. The Hall–Kier alpha value is -3.46. The minimum atomic E-state index is -1.09. The van der Waals surface area contributed by atoms with Crippen LogP contribution < -0.4 is 16.0 Å². The van der Waals surface area contributed by atoms with E-state index in [2.05, 4.69) is 16.0 Å². The molecule has 0 fully saturated rings. The van der Waals surface area contributed by atoms with Crippen LogP contribution in [0.2, 0.25) is 0 Å². The van der Waals surface area contributed by atoms with E-state index >= 15 is 0 Å². The highest BCUT2D eigenvalue weighted by Crippen LogP contribution is 2.28. The molecule has 0 aliphatic carbocycles. The zero-order chi connectivity index (χ0) is 30.8. The summed E-state index contributed by atoms with van der Waals surface area (Å²) in [6, 6.07) is 7.91. The van der Waals surface area contributed by atoms with Crippen molar-refractivity contribution in [1.82, 2.24) is 20.9 Å². The summed E-state index contributed by atoms with van der Waals surface area (Å²) >= 11 is 0. The van der Waals surface area contributed by atoms with Gasteiger partial charge in [-0.2, -0.15) is 0 Å². The maximum Gasteiger partial charge on any atom is 0.328 e. The Labute approximate surface area is 239 Å². The van der Waals surface area contributed by atoms with Crippen molar-refractivity contribution < 1.29 is 24.3 Å². The van der Waals surface area contributed by atoms with Crippen molar-refractivity contribution in [1.29, 1.82) is 0 Å². The van der Waals surface area contributed by atoms with E-state index in [-0.39, 0.29) is 30.2 Å². The molecular weight excluding hydrogens is 508 g/mol. The molecule has 4 N–H and O–H groups in total. The first kappa shape index (κ1) is 34.6. The Morgan fingerprint density at radius 3 is 2.02 bits per heavy atom. The average Bonchev–Trinajstić information content (AvgIpc) is 2.87. The van der Waals surface area contributed by atoms with E-state index in [1.165, 1.54) is 11.0 Å². The zero-order valence-corrected chi connectivity index (χ0v) is 25.7. The van der Waals surface area contributed by atoms with Crippen LogP contribution in [0.25, 0.3) is 0 Å². The van der Waals surface area contributed by atoms with Crippen LogP contribution in [0, 0.1) is 11.3 Å². The van der Waals surface area contributed by atoms with Crippen LogP contribution in [0.1, 0.15) is 61.0 Å². The predicted octanol–water partition coefficient (Wildman–Crippen LogP) is 3.27. The normalized spacial score (nSPS) is 14.9. The Morgan fingerprint density at radius 1 is 0.975 bits per heavy atom. The van der Waals surface area contributed by atoms with Crippen molar-refractivity contribution >= 4 is 23.7 Å². The minimum absolute atomic E-state index is 0.0129. The second-order valence-corrected chi connectivity index (χ2v) is 12.2. The molecule has 0 radical (unpaired) electrons.